The minimum absolute atomic E-state index is 0.0987. The van der Waals surface area contributed by atoms with Gasteiger partial charge >= 0.3 is 11.6 Å². The van der Waals surface area contributed by atoms with E-state index in [2.05, 4.69) is 44.3 Å². The minimum atomic E-state index is 0.0987. The van der Waals surface area contributed by atoms with Crippen molar-refractivity contribution in [2.24, 2.45) is 0 Å². The zero-order valence-electron chi connectivity index (χ0n) is 21.0. The third-order valence-electron chi connectivity index (χ3n) is 7.33. The number of rotatable bonds is 6. The molecule has 1 saturated heterocycles. The average molecular weight is 478 g/mol. The lowest BCUT2D eigenvalue weighted by Gasteiger charge is -2.37. The fourth-order valence-electron chi connectivity index (χ4n) is 5.16. The van der Waals surface area contributed by atoms with Crippen LogP contribution >= 0.6 is 0 Å². The van der Waals surface area contributed by atoms with E-state index in [4.69, 9.17) is 4.98 Å². The lowest BCUT2D eigenvalue weighted by Crippen LogP contribution is -2.50. The van der Waals surface area contributed by atoms with Crippen molar-refractivity contribution >= 4 is 34.5 Å². The molecule has 9 nitrogen and oxygen atoms in total. The van der Waals surface area contributed by atoms with Crippen molar-refractivity contribution in [2.45, 2.75) is 65.0 Å². The number of nitrogens with one attached hydrogen (secondary N) is 4. The molecule has 2 fully saturated rings. The number of piperazine rings is 1. The van der Waals surface area contributed by atoms with Gasteiger partial charge in [-0.1, -0.05) is 24.2 Å². The Kier molecular flexibility index (Phi) is 6.86. The second-order valence-electron chi connectivity index (χ2n) is 10.1. The molecule has 2 aromatic heterocycles. The molecule has 0 radical (unpaired) electrons. The molecule has 3 heterocycles. The Morgan fingerprint density at radius 2 is 1.89 bits per heavy atom. The van der Waals surface area contributed by atoms with Gasteiger partial charge in [0, 0.05) is 49.5 Å². The lowest BCUT2D eigenvalue weighted by molar-refractivity contribution is -0.347. The first-order valence-corrected chi connectivity index (χ1v) is 12.9. The van der Waals surface area contributed by atoms with Crippen molar-refractivity contribution < 1.29 is 9.78 Å². The number of carbonyl (C=O) groups excluding carboxylic acids is 1. The van der Waals surface area contributed by atoms with Crippen LogP contribution in [-0.2, 0) is 0 Å². The van der Waals surface area contributed by atoms with Crippen molar-refractivity contribution in [3.05, 3.63) is 35.7 Å². The van der Waals surface area contributed by atoms with Gasteiger partial charge in [0.1, 0.15) is 0 Å². The minimum Gasteiger partial charge on any atom is -0.364 e. The summed E-state index contributed by atoms with van der Waals surface area (Å²) in [5.41, 5.74) is 4.24. The van der Waals surface area contributed by atoms with Crippen LogP contribution in [0.25, 0.3) is 11.2 Å². The van der Waals surface area contributed by atoms with Crippen molar-refractivity contribution in [3.8, 4) is 0 Å². The number of fused-ring (bicyclic) bond motifs is 1. The standard InChI is InChI=1S/C26H36N8O/c1-17(2)33-11-13-34(14-12-33)25(35)19-9-10-21(18(3)15-19)30-26-31-23-22(27-16-28-23)24(32-26)29-20-7-5-4-6-8-20/h9-10,15-17,20H,4-8,11-14H2,1-3H3,(H3,27,28,29,30,31,32)/p+1. The van der Waals surface area contributed by atoms with Crippen LogP contribution in [0.4, 0.5) is 17.5 Å². The molecule has 1 aliphatic carbocycles. The molecule has 0 atom stereocenters. The van der Waals surface area contributed by atoms with Gasteiger partial charge in [0.2, 0.25) is 5.52 Å². The third-order valence-corrected chi connectivity index (χ3v) is 7.33. The Morgan fingerprint density at radius 1 is 1.11 bits per heavy atom. The highest BCUT2D eigenvalue weighted by Crippen LogP contribution is 2.26. The number of carbonyl (C=O) groups is 1. The highest BCUT2D eigenvalue weighted by Gasteiger charge is 2.24. The van der Waals surface area contributed by atoms with E-state index in [1.165, 1.54) is 32.1 Å². The first-order valence-electron chi connectivity index (χ1n) is 12.9. The average Bonchev–Trinajstić information content (AvgIpc) is 3.35. The van der Waals surface area contributed by atoms with Gasteiger partial charge < -0.3 is 15.5 Å². The van der Waals surface area contributed by atoms with Gasteiger partial charge in [0.15, 0.2) is 12.1 Å². The highest BCUT2D eigenvalue weighted by molar-refractivity contribution is 5.95. The largest absolute Gasteiger partial charge is 0.364 e. The Bertz CT molecular complexity index is 1180. The first-order chi connectivity index (χ1) is 17.0. The summed E-state index contributed by atoms with van der Waals surface area (Å²) in [6.07, 6.45) is 7.94. The van der Waals surface area contributed by atoms with Crippen LogP contribution in [0.2, 0.25) is 0 Å². The van der Waals surface area contributed by atoms with Gasteiger partial charge in [-0.25, -0.2) is 4.98 Å². The zero-order chi connectivity index (χ0) is 24.4. The maximum atomic E-state index is 13.1. The van der Waals surface area contributed by atoms with E-state index in [9.17, 15) is 4.79 Å². The van der Waals surface area contributed by atoms with Gasteiger partial charge in [-0.05, 0) is 57.4 Å². The van der Waals surface area contributed by atoms with Crippen LogP contribution in [0.5, 0.6) is 0 Å². The topological polar surface area (TPSA) is 103 Å². The second-order valence-corrected chi connectivity index (χ2v) is 10.1. The van der Waals surface area contributed by atoms with Crippen molar-refractivity contribution in [3.63, 3.8) is 0 Å². The van der Waals surface area contributed by atoms with Crippen molar-refractivity contribution in [2.75, 3.05) is 36.8 Å². The van der Waals surface area contributed by atoms with Crippen LogP contribution in [0, 0.1) is 6.92 Å². The zero-order valence-corrected chi connectivity index (χ0v) is 21.0. The number of benzene rings is 1. The number of nitrogens with zero attached hydrogens (tertiary/aromatic N) is 4. The van der Waals surface area contributed by atoms with Crippen molar-refractivity contribution in [1.29, 1.82) is 0 Å². The molecule has 4 N–H and O–H groups in total. The fraction of sp³-hybridized carbons (Fsp3) is 0.538. The molecule has 1 saturated carbocycles. The molecule has 186 valence electrons. The molecule has 3 aromatic rings. The summed E-state index contributed by atoms with van der Waals surface area (Å²) < 4.78 is 0. The third kappa shape index (κ3) is 5.24. The molecule has 35 heavy (non-hydrogen) atoms. The fourth-order valence-corrected chi connectivity index (χ4v) is 5.16. The summed E-state index contributed by atoms with van der Waals surface area (Å²) in [5.74, 6) is 1.44. The Balaban J connectivity index is 1.30. The SMILES string of the molecule is Cc1cc(C(=O)N2CCN(C(C)C)CC2)ccc1Nc1nc(NC2CCCCC2)c2[nH]c[nH+]c2n1. The molecular formula is C26H37N8O+. The maximum absolute atomic E-state index is 13.1. The molecule has 0 spiro atoms. The molecule has 1 amide bonds. The van der Waals surface area contributed by atoms with Crippen LogP contribution in [0.3, 0.4) is 0 Å². The summed E-state index contributed by atoms with van der Waals surface area (Å²) in [6.45, 7) is 9.82. The number of aryl methyl sites for hydroxylation is 1. The van der Waals surface area contributed by atoms with E-state index < -0.39 is 0 Å². The molecule has 1 aliphatic heterocycles. The van der Waals surface area contributed by atoms with Gasteiger partial charge in [-0.15, -0.1) is 0 Å². The molecule has 0 bridgehead atoms. The van der Waals surface area contributed by atoms with E-state index in [1.807, 2.05) is 30.0 Å². The molecule has 2 aliphatic rings. The molecular weight excluding hydrogens is 440 g/mol. The first kappa shape index (κ1) is 23.5. The van der Waals surface area contributed by atoms with Crippen LogP contribution in [0.1, 0.15) is 61.9 Å². The summed E-state index contributed by atoms with van der Waals surface area (Å²) in [6, 6.07) is 6.77. The van der Waals surface area contributed by atoms with E-state index in [0.29, 0.717) is 18.0 Å². The van der Waals surface area contributed by atoms with E-state index >= 15 is 0 Å². The summed E-state index contributed by atoms with van der Waals surface area (Å²) in [5, 5.41) is 6.99. The summed E-state index contributed by atoms with van der Waals surface area (Å²) >= 11 is 0. The number of hydrogen-bond acceptors (Lipinski definition) is 6. The Morgan fingerprint density at radius 3 is 2.60 bits per heavy atom. The number of H-pyrrole nitrogens is 2. The Labute approximate surface area is 206 Å². The summed E-state index contributed by atoms with van der Waals surface area (Å²) in [7, 11) is 0. The van der Waals surface area contributed by atoms with Gasteiger partial charge in [-0.2, -0.15) is 4.98 Å². The van der Waals surface area contributed by atoms with E-state index in [-0.39, 0.29) is 5.91 Å². The van der Waals surface area contributed by atoms with E-state index in [0.717, 1.165) is 60.0 Å². The monoisotopic (exact) mass is 477 g/mol. The number of imidazole rings is 1. The molecule has 5 rings (SSSR count). The highest BCUT2D eigenvalue weighted by atomic mass is 16.2. The smallest absolute Gasteiger partial charge is 0.307 e. The van der Waals surface area contributed by atoms with Crippen LogP contribution in [0.15, 0.2) is 24.5 Å². The lowest BCUT2D eigenvalue weighted by atomic mass is 9.95. The predicted molar refractivity (Wildman–Crippen MR) is 138 cm³/mol. The quantitative estimate of drug-likeness (QED) is 0.500. The normalized spacial score (nSPS) is 17.8. The second kappa shape index (κ2) is 10.2. The molecule has 1 aromatic carbocycles. The molecule has 0 unspecified atom stereocenters. The Hall–Kier alpha value is -3.20. The predicted octanol–water partition coefficient (Wildman–Crippen LogP) is 3.73. The van der Waals surface area contributed by atoms with Crippen LogP contribution < -0.4 is 15.6 Å². The summed E-state index contributed by atoms with van der Waals surface area (Å²) in [4.78, 5) is 33.3. The van der Waals surface area contributed by atoms with Crippen LogP contribution in [-0.4, -0.2) is 68.9 Å². The molecule has 9 heteroatoms. The van der Waals surface area contributed by atoms with Crippen molar-refractivity contribution in [1.82, 2.24) is 24.8 Å². The number of aromatic amines is 2. The number of aromatic nitrogens is 4. The van der Waals surface area contributed by atoms with Gasteiger partial charge in [0.25, 0.3) is 5.91 Å². The number of amides is 1. The maximum Gasteiger partial charge on any atom is 0.307 e. The van der Waals surface area contributed by atoms with Gasteiger partial charge in [-0.3, -0.25) is 14.7 Å². The van der Waals surface area contributed by atoms with E-state index in [1.54, 1.807) is 6.33 Å². The number of anilines is 3. The number of hydrogen-bond donors (Lipinski definition) is 3. The van der Waals surface area contributed by atoms with Gasteiger partial charge in [0.05, 0.1) is 0 Å².